The molecule has 1 amide bonds. The Kier molecular flexibility index (Phi) is 3.82. The van der Waals surface area contributed by atoms with E-state index < -0.39 is 5.54 Å². The number of hydrogen-bond acceptors (Lipinski definition) is 4. The van der Waals surface area contributed by atoms with Gasteiger partial charge >= 0.3 is 0 Å². The lowest BCUT2D eigenvalue weighted by atomic mass is 10.3. The number of H-pyrrole nitrogens is 1. The van der Waals surface area contributed by atoms with E-state index in [-0.39, 0.29) is 5.91 Å². The quantitative estimate of drug-likeness (QED) is 0.889. The van der Waals surface area contributed by atoms with Gasteiger partial charge in [-0.1, -0.05) is 23.9 Å². The van der Waals surface area contributed by atoms with E-state index >= 15 is 0 Å². The molecule has 1 aliphatic carbocycles. The summed E-state index contributed by atoms with van der Waals surface area (Å²) < 4.78 is 5.31. The average molecular weight is 313 g/mol. The zero-order valence-electron chi connectivity index (χ0n) is 12.1. The van der Waals surface area contributed by atoms with Crippen LogP contribution in [0.5, 0.6) is 5.75 Å². The van der Waals surface area contributed by atoms with Gasteiger partial charge in [0.15, 0.2) is 0 Å². The molecule has 1 saturated carbocycles. The zero-order valence-corrected chi connectivity index (χ0v) is 12.9. The van der Waals surface area contributed by atoms with Crippen LogP contribution in [-0.4, -0.2) is 23.5 Å². The Labute approximate surface area is 132 Å². The van der Waals surface area contributed by atoms with Gasteiger partial charge in [0.25, 0.3) is 5.91 Å². The largest absolute Gasteiger partial charge is 0.496 e. The molecule has 1 aromatic carbocycles. The number of nitriles is 1. The second kappa shape index (κ2) is 5.78. The van der Waals surface area contributed by atoms with Gasteiger partial charge in [-0.25, -0.2) is 0 Å². The number of ether oxygens (including phenoxy) is 1. The van der Waals surface area contributed by atoms with Gasteiger partial charge in [-0.3, -0.25) is 4.79 Å². The second-order valence-electron chi connectivity index (χ2n) is 5.15. The lowest BCUT2D eigenvalue weighted by molar-refractivity contribution is 0.0937. The fourth-order valence-electron chi connectivity index (χ4n) is 2.07. The van der Waals surface area contributed by atoms with E-state index in [0.29, 0.717) is 5.69 Å². The number of aromatic nitrogens is 1. The molecule has 1 heterocycles. The molecule has 0 saturated heterocycles. The van der Waals surface area contributed by atoms with Crippen LogP contribution in [0, 0.1) is 11.3 Å². The maximum atomic E-state index is 12.1. The Hall–Kier alpha value is -2.39. The van der Waals surface area contributed by atoms with Crippen LogP contribution in [0.25, 0.3) is 0 Å². The molecule has 2 aromatic rings. The molecule has 2 N–H and O–H groups in total. The SMILES string of the molecule is COc1ccccc1Sc1c[nH]c(C(=O)NC2(C#N)CC2)c1. The van der Waals surface area contributed by atoms with Gasteiger partial charge < -0.3 is 15.0 Å². The normalized spacial score (nSPS) is 14.9. The maximum absolute atomic E-state index is 12.1. The summed E-state index contributed by atoms with van der Waals surface area (Å²) in [5.41, 5.74) is -0.197. The van der Waals surface area contributed by atoms with Gasteiger partial charge in [0.1, 0.15) is 17.0 Å². The molecule has 6 heteroatoms. The molecule has 0 unspecified atom stereocenters. The second-order valence-corrected chi connectivity index (χ2v) is 6.27. The van der Waals surface area contributed by atoms with Crippen LogP contribution < -0.4 is 10.1 Å². The van der Waals surface area contributed by atoms with Crippen molar-refractivity contribution in [3.8, 4) is 11.8 Å². The van der Waals surface area contributed by atoms with Crippen LogP contribution in [0.2, 0.25) is 0 Å². The fourth-order valence-corrected chi connectivity index (χ4v) is 3.02. The van der Waals surface area contributed by atoms with Gasteiger partial charge in [-0.05, 0) is 31.0 Å². The molecule has 0 radical (unpaired) electrons. The Balaban J connectivity index is 1.71. The minimum absolute atomic E-state index is 0.245. The highest BCUT2D eigenvalue weighted by Crippen LogP contribution is 2.36. The molecule has 0 aliphatic heterocycles. The number of amides is 1. The molecule has 0 bridgehead atoms. The molecule has 1 aliphatic rings. The average Bonchev–Trinajstić information content (AvgIpc) is 3.15. The lowest BCUT2D eigenvalue weighted by Gasteiger charge is -2.07. The minimum Gasteiger partial charge on any atom is -0.496 e. The van der Waals surface area contributed by atoms with Gasteiger partial charge in [0, 0.05) is 11.1 Å². The van der Waals surface area contributed by atoms with E-state index in [2.05, 4.69) is 16.4 Å². The molecular weight excluding hydrogens is 298 g/mol. The van der Waals surface area contributed by atoms with Crippen LogP contribution in [0.1, 0.15) is 23.3 Å². The summed E-state index contributed by atoms with van der Waals surface area (Å²) in [4.78, 5) is 17.0. The van der Waals surface area contributed by atoms with Gasteiger partial charge in [0.05, 0.1) is 18.1 Å². The summed E-state index contributed by atoms with van der Waals surface area (Å²) in [7, 11) is 1.63. The zero-order chi connectivity index (χ0) is 15.6. The number of methoxy groups -OCH3 is 1. The molecule has 3 rings (SSSR count). The standard InChI is InChI=1S/C16H15N3O2S/c1-21-13-4-2-3-5-14(13)22-11-8-12(18-9-11)15(20)19-16(10-17)6-7-16/h2-5,8-9,18H,6-7H2,1H3,(H,19,20). The first-order valence-corrected chi connectivity index (χ1v) is 7.70. The number of para-hydroxylation sites is 1. The number of aromatic amines is 1. The van der Waals surface area contributed by atoms with Gasteiger partial charge in [-0.15, -0.1) is 0 Å². The molecular formula is C16H15N3O2S. The van der Waals surface area contributed by atoms with Crippen molar-refractivity contribution in [3.05, 3.63) is 42.2 Å². The third kappa shape index (κ3) is 2.95. The maximum Gasteiger partial charge on any atom is 0.268 e. The topological polar surface area (TPSA) is 77.9 Å². The van der Waals surface area contributed by atoms with E-state index in [4.69, 9.17) is 10.00 Å². The molecule has 1 fully saturated rings. The Morgan fingerprint density at radius 3 is 2.91 bits per heavy atom. The van der Waals surface area contributed by atoms with Crippen molar-refractivity contribution in [3.63, 3.8) is 0 Å². The van der Waals surface area contributed by atoms with Crippen LogP contribution in [0.15, 0.2) is 46.3 Å². The summed E-state index contributed by atoms with van der Waals surface area (Å²) in [5, 5.41) is 11.8. The summed E-state index contributed by atoms with van der Waals surface area (Å²) in [6.45, 7) is 0. The van der Waals surface area contributed by atoms with E-state index in [1.807, 2.05) is 24.3 Å². The number of hydrogen-bond donors (Lipinski definition) is 2. The molecule has 1 aromatic heterocycles. The van der Waals surface area contributed by atoms with Crippen molar-refractivity contribution in [2.75, 3.05) is 7.11 Å². The van der Waals surface area contributed by atoms with Crippen LogP contribution in [-0.2, 0) is 0 Å². The Morgan fingerprint density at radius 2 is 2.23 bits per heavy atom. The number of nitrogens with one attached hydrogen (secondary N) is 2. The number of carbonyl (C=O) groups is 1. The molecule has 112 valence electrons. The summed E-state index contributed by atoms with van der Waals surface area (Å²) in [6.07, 6.45) is 3.22. The Morgan fingerprint density at radius 1 is 1.45 bits per heavy atom. The van der Waals surface area contributed by atoms with Gasteiger partial charge in [-0.2, -0.15) is 5.26 Å². The monoisotopic (exact) mass is 313 g/mol. The van der Waals surface area contributed by atoms with Crippen molar-refractivity contribution in [1.82, 2.24) is 10.3 Å². The third-order valence-electron chi connectivity index (χ3n) is 3.51. The predicted molar refractivity (Wildman–Crippen MR) is 83.0 cm³/mol. The highest BCUT2D eigenvalue weighted by molar-refractivity contribution is 7.99. The first-order valence-electron chi connectivity index (χ1n) is 6.89. The molecule has 0 atom stereocenters. The highest BCUT2D eigenvalue weighted by Gasteiger charge is 2.44. The van der Waals surface area contributed by atoms with Crippen molar-refractivity contribution in [2.24, 2.45) is 0 Å². The van der Waals surface area contributed by atoms with E-state index in [1.54, 1.807) is 19.4 Å². The highest BCUT2D eigenvalue weighted by atomic mass is 32.2. The van der Waals surface area contributed by atoms with Crippen molar-refractivity contribution in [1.29, 1.82) is 5.26 Å². The van der Waals surface area contributed by atoms with E-state index in [9.17, 15) is 4.79 Å². The van der Waals surface area contributed by atoms with E-state index in [1.165, 1.54) is 11.8 Å². The third-order valence-corrected chi connectivity index (χ3v) is 4.54. The first kappa shape index (κ1) is 14.5. The molecule has 0 spiro atoms. The van der Waals surface area contributed by atoms with Crippen LogP contribution in [0.3, 0.4) is 0 Å². The van der Waals surface area contributed by atoms with Crippen LogP contribution >= 0.6 is 11.8 Å². The lowest BCUT2D eigenvalue weighted by Crippen LogP contribution is -2.35. The number of rotatable bonds is 5. The molecule has 5 nitrogen and oxygen atoms in total. The van der Waals surface area contributed by atoms with Crippen molar-refractivity contribution >= 4 is 17.7 Å². The van der Waals surface area contributed by atoms with Gasteiger partial charge in [0.2, 0.25) is 0 Å². The molecule has 22 heavy (non-hydrogen) atoms. The van der Waals surface area contributed by atoms with E-state index in [0.717, 1.165) is 28.4 Å². The number of carbonyl (C=O) groups excluding carboxylic acids is 1. The Bertz CT molecular complexity index is 744. The minimum atomic E-state index is -0.655. The van der Waals surface area contributed by atoms with Crippen molar-refractivity contribution in [2.45, 2.75) is 28.2 Å². The smallest absolute Gasteiger partial charge is 0.268 e. The first-order chi connectivity index (χ1) is 10.7. The fraction of sp³-hybridized carbons (Fsp3) is 0.250. The summed E-state index contributed by atoms with van der Waals surface area (Å²) >= 11 is 1.52. The summed E-state index contributed by atoms with van der Waals surface area (Å²) in [6, 6.07) is 11.6. The predicted octanol–water partition coefficient (Wildman–Crippen LogP) is 2.96. The summed E-state index contributed by atoms with van der Waals surface area (Å²) in [5.74, 6) is 0.548. The van der Waals surface area contributed by atoms with Crippen molar-refractivity contribution < 1.29 is 9.53 Å². The van der Waals surface area contributed by atoms with Crippen LogP contribution in [0.4, 0.5) is 0 Å². The number of nitrogens with zero attached hydrogens (tertiary/aromatic N) is 1. The number of benzene rings is 1.